The van der Waals surface area contributed by atoms with E-state index in [4.69, 9.17) is 18.6 Å². The molecule has 10 nitrogen and oxygen atoms in total. The first kappa shape index (κ1) is 21.9. The van der Waals surface area contributed by atoms with E-state index in [2.05, 4.69) is 20.7 Å². The van der Waals surface area contributed by atoms with Gasteiger partial charge in [0.05, 0.1) is 25.7 Å². The monoisotopic (exact) mass is 449 g/mol. The van der Waals surface area contributed by atoms with Crippen molar-refractivity contribution in [3.63, 3.8) is 0 Å². The van der Waals surface area contributed by atoms with Crippen LogP contribution in [0.2, 0.25) is 0 Å². The van der Waals surface area contributed by atoms with E-state index >= 15 is 0 Å². The summed E-state index contributed by atoms with van der Waals surface area (Å²) in [5.41, 5.74) is 1.98. The summed E-state index contributed by atoms with van der Waals surface area (Å²) in [6, 6.07) is 17.6. The van der Waals surface area contributed by atoms with Crippen LogP contribution in [0.1, 0.15) is 0 Å². The largest absolute Gasteiger partial charge is 0.497 e. The first-order valence-corrected chi connectivity index (χ1v) is 10.1. The molecule has 2 amide bonds. The average molecular weight is 449 g/mol. The van der Waals surface area contributed by atoms with Gasteiger partial charge in [-0.3, -0.25) is 0 Å². The molecule has 2 aromatic heterocycles. The van der Waals surface area contributed by atoms with E-state index in [-0.39, 0.29) is 12.0 Å². The summed E-state index contributed by atoms with van der Waals surface area (Å²) >= 11 is 0. The molecule has 0 atom stereocenters. The Bertz CT molecular complexity index is 1170. The van der Waals surface area contributed by atoms with Gasteiger partial charge in [-0.1, -0.05) is 0 Å². The van der Waals surface area contributed by atoms with Crippen molar-refractivity contribution < 1.29 is 23.4 Å². The number of carbonyl (C=O) groups excluding carboxylic acids is 1. The number of hydrogen-bond donors (Lipinski definition) is 2. The molecule has 4 aromatic rings. The summed E-state index contributed by atoms with van der Waals surface area (Å²) in [6.45, 7) is 0.744. The molecule has 0 radical (unpaired) electrons. The molecule has 4 rings (SSSR count). The highest BCUT2D eigenvalue weighted by Gasteiger charge is 2.17. The SMILES string of the molecule is COCCOc1nc(-c2ccco2)n(-c2ccc(NC(=O)Nc3ccc(OC)cc3)cc2)n1. The van der Waals surface area contributed by atoms with Crippen LogP contribution in [0.3, 0.4) is 0 Å². The number of methoxy groups -OCH3 is 2. The van der Waals surface area contributed by atoms with Crippen LogP contribution in [0.25, 0.3) is 17.3 Å². The number of hydrogen-bond acceptors (Lipinski definition) is 7. The van der Waals surface area contributed by atoms with E-state index in [1.165, 1.54) is 0 Å². The predicted octanol–water partition coefficient (Wildman–Crippen LogP) is 4.21. The first-order valence-electron chi connectivity index (χ1n) is 10.1. The molecule has 170 valence electrons. The van der Waals surface area contributed by atoms with Gasteiger partial charge in [-0.15, -0.1) is 5.10 Å². The minimum atomic E-state index is -0.362. The van der Waals surface area contributed by atoms with Gasteiger partial charge in [-0.05, 0) is 60.7 Å². The van der Waals surface area contributed by atoms with Gasteiger partial charge in [0.2, 0.25) is 5.82 Å². The number of nitrogens with zero attached hydrogens (tertiary/aromatic N) is 3. The van der Waals surface area contributed by atoms with Crippen LogP contribution < -0.4 is 20.1 Å². The van der Waals surface area contributed by atoms with Crippen molar-refractivity contribution >= 4 is 17.4 Å². The van der Waals surface area contributed by atoms with Crippen LogP contribution in [-0.2, 0) is 4.74 Å². The molecule has 0 unspecified atom stereocenters. The maximum Gasteiger partial charge on any atom is 0.336 e. The Labute approximate surface area is 190 Å². The van der Waals surface area contributed by atoms with Gasteiger partial charge < -0.3 is 29.3 Å². The van der Waals surface area contributed by atoms with Gasteiger partial charge >= 0.3 is 12.0 Å². The fourth-order valence-corrected chi connectivity index (χ4v) is 2.97. The number of furan rings is 1. The van der Waals surface area contributed by atoms with Crippen LogP contribution in [0, 0.1) is 0 Å². The molecular weight excluding hydrogens is 426 g/mol. The first-order chi connectivity index (χ1) is 16.2. The maximum absolute atomic E-state index is 12.3. The van der Waals surface area contributed by atoms with Gasteiger partial charge in [-0.25, -0.2) is 9.48 Å². The molecule has 0 fully saturated rings. The normalized spacial score (nSPS) is 10.6. The molecular formula is C23H23N5O5. The lowest BCUT2D eigenvalue weighted by Gasteiger charge is -2.09. The molecule has 0 aliphatic heterocycles. The van der Waals surface area contributed by atoms with Crippen molar-refractivity contribution in [1.29, 1.82) is 0 Å². The minimum absolute atomic E-state index is 0.208. The van der Waals surface area contributed by atoms with E-state index < -0.39 is 0 Å². The molecule has 10 heteroatoms. The van der Waals surface area contributed by atoms with E-state index in [0.717, 1.165) is 5.69 Å². The Morgan fingerprint density at radius 3 is 2.27 bits per heavy atom. The summed E-state index contributed by atoms with van der Waals surface area (Å²) < 4.78 is 22.8. The van der Waals surface area contributed by atoms with Crippen molar-refractivity contribution in [2.75, 3.05) is 38.1 Å². The zero-order valence-electron chi connectivity index (χ0n) is 18.1. The number of amides is 2. The van der Waals surface area contributed by atoms with Gasteiger partial charge in [0.15, 0.2) is 5.76 Å². The lowest BCUT2D eigenvalue weighted by molar-refractivity contribution is 0.141. The third kappa shape index (κ3) is 5.49. The number of carbonyl (C=O) groups is 1. The average Bonchev–Trinajstić information content (AvgIpc) is 3.50. The topological polar surface area (TPSA) is 113 Å². The van der Waals surface area contributed by atoms with E-state index in [1.54, 1.807) is 73.7 Å². The number of aromatic nitrogens is 3. The second kappa shape index (κ2) is 10.3. The van der Waals surface area contributed by atoms with Gasteiger partial charge in [0.1, 0.15) is 12.4 Å². The Kier molecular flexibility index (Phi) is 6.86. The van der Waals surface area contributed by atoms with Crippen molar-refractivity contribution in [2.45, 2.75) is 0 Å². The van der Waals surface area contributed by atoms with Gasteiger partial charge in [0, 0.05) is 18.5 Å². The van der Waals surface area contributed by atoms with Crippen LogP contribution in [-0.4, -0.2) is 48.2 Å². The standard InChI is InChI=1S/C23H23N5O5/c1-30-14-15-33-23-26-21(20-4-3-13-32-20)28(27-23)18-9-5-16(6-10-18)24-22(29)25-17-7-11-19(31-2)12-8-17/h3-13H,14-15H2,1-2H3,(H2,24,25,29). The zero-order chi connectivity index (χ0) is 23.0. The lowest BCUT2D eigenvalue weighted by Crippen LogP contribution is -2.19. The summed E-state index contributed by atoms with van der Waals surface area (Å²) in [5.74, 6) is 1.75. The van der Waals surface area contributed by atoms with Crippen LogP contribution in [0.5, 0.6) is 11.8 Å². The number of ether oxygens (including phenoxy) is 3. The highest BCUT2D eigenvalue weighted by Crippen LogP contribution is 2.25. The number of nitrogens with one attached hydrogen (secondary N) is 2. The molecule has 2 N–H and O–H groups in total. The predicted molar refractivity (Wildman–Crippen MR) is 122 cm³/mol. The van der Waals surface area contributed by atoms with Crippen molar-refractivity contribution in [3.8, 4) is 29.0 Å². The summed E-state index contributed by atoms with van der Waals surface area (Å²) in [4.78, 5) is 16.7. The van der Waals surface area contributed by atoms with Crippen LogP contribution >= 0.6 is 0 Å². The van der Waals surface area contributed by atoms with Gasteiger partial charge in [0.25, 0.3) is 0 Å². The zero-order valence-corrected chi connectivity index (χ0v) is 18.1. The highest BCUT2D eigenvalue weighted by molar-refractivity contribution is 5.99. The van der Waals surface area contributed by atoms with Crippen LogP contribution in [0.15, 0.2) is 71.3 Å². The minimum Gasteiger partial charge on any atom is -0.497 e. The number of urea groups is 1. The Hall–Kier alpha value is -4.31. The fraction of sp³-hybridized carbons (Fsp3) is 0.174. The second-order valence-electron chi connectivity index (χ2n) is 6.80. The van der Waals surface area contributed by atoms with Gasteiger partial charge in [-0.2, -0.15) is 4.98 Å². The maximum atomic E-state index is 12.3. The second-order valence-corrected chi connectivity index (χ2v) is 6.80. The van der Waals surface area contributed by atoms with E-state index in [9.17, 15) is 4.79 Å². The number of rotatable bonds is 9. The van der Waals surface area contributed by atoms with Crippen molar-refractivity contribution in [1.82, 2.24) is 14.8 Å². The third-order valence-electron chi connectivity index (χ3n) is 4.57. The molecule has 33 heavy (non-hydrogen) atoms. The molecule has 0 spiro atoms. The lowest BCUT2D eigenvalue weighted by atomic mass is 10.2. The number of benzene rings is 2. The molecule has 0 bridgehead atoms. The Morgan fingerprint density at radius 2 is 1.67 bits per heavy atom. The molecule has 2 aromatic carbocycles. The molecule has 0 aliphatic rings. The third-order valence-corrected chi connectivity index (χ3v) is 4.57. The van der Waals surface area contributed by atoms with Crippen molar-refractivity contribution in [3.05, 3.63) is 66.9 Å². The number of anilines is 2. The summed E-state index contributed by atoms with van der Waals surface area (Å²) in [5, 5.41) is 9.99. The quantitative estimate of drug-likeness (QED) is 0.368. The highest BCUT2D eigenvalue weighted by atomic mass is 16.5. The van der Waals surface area contributed by atoms with Crippen LogP contribution in [0.4, 0.5) is 16.2 Å². The molecule has 0 aliphatic carbocycles. The molecule has 2 heterocycles. The van der Waals surface area contributed by atoms with Crippen molar-refractivity contribution in [2.24, 2.45) is 0 Å². The fourth-order valence-electron chi connectivity index (χ4n) is 2.97. The Morgan fingerprint density at radius 1 is 0.970 bits per heavy atom. The van der Waals surface area contributed by atoms with E-state index in [1.807, 2.05) is 12.1 Å². The summed E-state index contributed by atoms with van der Waals surface area (Å²) in [6.07, 6.45) is 1.56. The molecule has 0 saturated heterocycles. The smallest absolute Gasteiger partial charge is 0.336 e. The van der Waals surface area contributed by atoms with E-state index in [0.29, 0.717) is 41.9 Å². The summed E-state index contributed by atoms with van der Waals surface area (Å²) in [7, 11) is 3.18. The Balaban J connectivity index is 1.47. The molecule has 0 saturated carbocycles.